The highest BCUT2D eigenvalue weighted by molar-refractivity contribution is 7.80. The second-order valence-electron chi connectivity index (χ2n) is 4.20. The van der Waals surface area contributed by atoms with Crippen molar-refractivity contribution < 1.29 is 4.74 Å². The Kier molecular flexibility index (Phi) is 4.47. The molecule has 0 fully saturated rings. The number of hydrogen-bond donors (Lipinski definition) is 1. The fourth-order valence-corrected chi connectivity index (χ4v) is 1.80. The Labute approximate surface area is 118 Å². The van der Waals surface area contributed by atoms with Gasteiger partial charge >= 0.3 is 0 Å². The summed E-state index contributed by atoms with van der Waals surface area (Å²) < 4.78 is 5.71. The second kappa shape index (κ2) is 6.29. The summed E-state index contributed by atoms with van der Waals surface area (Å²) in [6, 6.07) is 11.8. The molecule has 1 aromatic heterocycles. The highest BCUT2D eigenvalue weighted by Crippen LogP contribution is 2.14. The van der Waals surface area contributed by atoms with Crippen LogP contribution < -0.4 is 10.5 Å². The Bertz CT molecular complexity index is 567. The lowest BCUT2D eigenvalue weighted by atomic mass is 10.2. The molecular formula is C15H16N2OS. The Morgan fingerprint density at radius 3 is 2.58 bits per heavy atom. The van der Waals surface area contributed by atoms with E-state index in [1.54, 1.807) is 6.20 Å². The van der Waals surface area contributed by atoms with E-state index in [1.165, 1.54) is 5.56 Å². The molecule has 2 aromatic rings. The van der Waals surface area contributed by atoms with Gasteiger partial charge in [0.25, 0.3) is 0 Å². The van der Waals surface area contributed by atoms with Crippen LogP contribution in [-0.2, 0) is 13.0 Å². The SMILES string of the molecule is CCc1ccc(OCc2ccnc(C(N)=S)c2)cc1. The van der Waals surface area contributed by atoms with Crippen molar-refractivity contribution in [3.8, 4) is 5.75 Å². The molecular weight excluding hydrogens is 256 g/mol. The van der Waals surface area contributed by atoms with E-state index in [-0.39, 0.29) is 0 Å². The van der Waals surface area contributed by atoms with E-state index < -0.39 is 0 Å². The molecule has 0 aliphatic rings. The molecule has 1 aromatic carbocycles. The third-order valence-electron chi connectivity index (χ3n) is 2.81. The maximum absolute atomic E-state index is 5.71. The van der Waals surface area contributed by atoms with Gasteiger partial charge in [-0.05, 0) is 41.8 Å². The lowest BCUT2D eigenvalue weighted by molar-refractivity contribution is 0.306. The number of nitrogens with zero attached hydrogens (tertiary/aromatic N) is 1. The Morgan fingerprint density at radius 1 is 1.21 bits per heavy atom. The minimum absolute atomic E-state index is 0.300. The van der Waals surface area contributed by atoms with Crippen molar-refractivity contribution in [2.45, 2.75) is 20.0 Å². The molecule has 0 radical (unpaired) electrons. The zero-order valence-electron chi connectivity index (χ0n) is 10.8. The molecule has 3 nitrogen and oxygen atoms in total. The molecule has 0 spiro atoms. The fourth-order valence-electron chi connectivity index (χ4n) is 1.69. The van der Waals surface area contributed by atoms with E-state index in [0.29, 0.717) is 17.3 Å². The number of nitrogens with two attached hydrogens (primary N) is 1. The minimum atomic E-state index is 0.300. The maximum Gasteiger partial charge on any atom is 0.122 e. The molecule has 0 aliphatic carbocycles. The van der Waals surface area contributed by atoms with Crippen LogP contribution in [0, 0.1) is 0 Å². The van der Waals surface area contributed by atoms with Crippen molar-refractivity contribution in [1.29, 1.82) is 0 Å². The summed E-state index contributed by atoms with van der Waals surface area (Å²) >= 11 is 4.90. The number of benzene rings is 1. The van der Waals surface area contributed by atoms with Gasteiger partial charge in [0, 0.05) is 6.20 Å². The van der Waals surface area contributed by atoms with Crippen LogP contribution in [0.4, 0.5) is 0 Å². The summed E-state index contributed by atoms with van der Waals surface area (Å²) in [5.41, 5.74) is 8.47. The third-order valence-corrected chi connectivity index (χ3v) is 3.02. The molecule has 0 amide bonds. The lowest BCUT2D eigenvalue weighted by Gasteiger charge is -2.07. The van der Waals surface area contributed by atoms with Crippen LogP contribution in [0.25, 0.3) is 0 Å². The summed E-state index contributed by atoms with van der Waals surface area (Å²) in [4.78, 5) is 4.39. The van der Waals surface area contributed by atoms with E-state index in [2.05, 4.69) is 24.0 Å². The number of aryl methyl sites for hydroxylation is 1. The van der Waals surface area contributed by atoms with Crippen molar-refractivity contribution in [2.24, 2.45) is 5.73 Å². The molecule has 0 bridgehead atoms. The molecule has 2 rings (SSSR count). The summed E-state index contributed by atoms with van der Waals surface area (Å²) in [6.45, 7) is 2.60. The smallest absolute Gasteiger partial charge is 0.122 e. The number of ether oxygens (including phenoxy) is 1. The van der Waals surface area contributed by atoms with E-state index in [0.717, 1.165) is 17.7 Å². The number of thiocarbonyl (C=S) groups is 1. The topological polar surface area (TPSA) is 48.1 Å². The number of pyridine rings is 1. The highest BCUT2D eigenvalue weighted by atomic mass is 32.1. The van der Waals surface area contributed by atoms with E-state index >= 15 is 0 Å². The summed E-state index contributed by atoms with van der Waals surface area (Å²) in [5, 5.41) is 0. The van der Waals surface area contributed by atoms with Gasteiger partial charge in [0.05, 0.1) is 5.69 Å². The van der Waals surface area contributed by atoms with Gasteiger partial charge in [-0.15, -0.1) is 0 Å². The Hall–Kier alpha value is -1.94. The molecule has 19 heavy (non-hydrogen) atoms. The normalized spacial score (nSPS) is 10.2. The quantitative estimate of drug-likeness (QED) is 0.850. The fraction of sp³-hybridized carbons (Fsp3) is 0.200. The van der Waals surface area contributed by atoms with Crippen molar-refractivity contribution >= 4 is 17.2 Å². The maximum atomic E-state index is 5.71. The standard InChI is InChI=1S/C15H16N2OS/c1-2-11-3-5-13(6-4-11)18-10-12-7-8-17-14(9-12)15(16)19/h3-9H,2,10H2,1H3,(H2,16,19). The van der Waals surface area contributed by atoms with E-state index in [1.807, 2.05) is 24.3 Å². The molecule has 0 aliphatic heterocycles. The van der Waals surface area contributed by atoms with Gasteiger partial charge in [0.15, 0.2) is 0 Å². The van der Waals surface area contributed by atoms with E-state index in [9.17, 15) is 0 Å². The molecule has 4 heteroatoms. The first-order valence-electron chi connectivity index (χ1n) is 6.15. The third kappa shape index (κ3) is 3.76. The number of rotatable bonds is 5. The Morgan fingerprint density at radius 2 is 1.95 bits per heavy atom. The van der Waals surface area contributed by atoms with Crippen LogP contribution in [0.3, 0.4) is 0 Å². The van der Waals surface area contributed by atoms with Crippen molar-refractivity contribution in [3.05, 3.63) is 59.4 Å². The minimum Gasteiger partial charge on any atom is -0.489 e. The largest absolute Gasteiger partial charge is 0.489 e. The average Bonchev–Trinajstić information content (AvgIpc) is 2.46. The second-order valence-corrected chi connectivity index (χ2v) is 4.64. The first-order valence-corrected chi connectivity index (χ1v) is 6.56. The molecule has 0 saturated heterocycles. The molecule has 2 N–H and O–H groups in total. The molecule has 1 heterocycles. The van der Waals surface area contributed by atoms with E-state index in [4.69, 9.17) is 22.7 Å². The summed E-state index contributed by atoms with van der Waals surface area (Å²) in [7, 11) is 0. The number of aromatic nitrogens is 1. The van der Waals surface area contributed by atoms with Crippen molar-refractivity contribution in [2.75, 3.05) is 0 Å². The van der Waals surface area contributed by atoms with Crippen molar-refractivity contribution in [3.63, 3.8) is 0 Å². The zero-order valence-corrected chi connectivity index (χ0v) is 11.6. The molecule has 0 saturated carbocycles. The van der Waals surface area contributed by atoms with Gasteiger partial charge in [-0.2, -0.15) is 0 Å². The molecule has 98 valence electrons. The van der Waals surface area contributed by atoms with Gasteiger partial charge in [-0.1, -0.05) is 31.3 Å². The van der Waals surface area contributed by atoms with Crippen molar-refractivity contribution in [1.82, 2.24) is 4.98 Å². The molecule has 0 atom stereocenters. The van der Waals surface area contributed by atoms with Gasteiger partial charge in [0.1, 0.15) is 17.3 Å². The summed E-state index contributed by atoms with van der Waals surface area (Å²) in [6.07, 6.45) is 2.72. The van der Waals surface area contributed by atoms with Gasteiger partial charge in [-0.25, -0.2) is 0 Å². The first kappa shape index (κ1) is 13.5. The zero-order chi connectivity index (χ0) is 13.7. The highest BCUT2D eigenvalue weighted by Gasteiger charge is 2.01. The van der Waals surface area contributed by atoms with Gasteiger partial charge < -0.3 is 10.5 Å². The van der Waals surface area contributed by atoms with Gasteiger partial charge in [0.2, 0.25) is 0 Å². The van der Waals surface area contributed by atoms with Crippen LogP contribution in [0.1, 0.15) is 23.7 Å². The predicted molar refractivity (Wildman–Crippen MR) is 80.3 cm³/mol. The van der Waals surface area contributed by atoms with Crippen LogP contribution in [-0.4, -0.2) is 9.97 Å². The van der Waals surface area contributed by atoms with Crippen LogP contribution in [0.5, 0.6) is 5.75 Å². The lowest BCUT2D eigenvalue weighted by Crippen LogP contribution is -2.12. The monoisotopic (exact) mass is 272 g/mol. The van der Waals surface area contributed by atoms with Gasteiger partial charge in [-0.3, -0.25) is 4.98 Å². The van der Waals surface area contributed by atoms with Crippen LogP contribution in [0.2, 0.25) is 0 Å². The predicted octanol–water partition coefficient (Wildman–Crippen LogP) is 2.86. The van der Waals surface area contributed by atoms with Crippen LogP contribution >= 0.6 is 12.2 Å². The van der Waals surface area contributed by atoms with Crippen LogP contribution in [0.15, 0.2) is 42.6 Å². The molecule has 0 unspecified atom stereocenters. The Balaban J connectivity index is 2.01. The summed E-state index contributed by atoms with van der Waals surface area (Å²) in [5.74, 6) is 0.853. The number of hydrogen-bond acceptors (Lipinski definition) is 3. The first-order chi connectivity index (χ1) is 9.19. The average molecular weight is 272 g/mol.